The Hall–Kier alpha value is -1.97. The fourth-order valence-electron chi connectivity index (χ4n) is 2.13. The minimum atomic E-state index is -0.0673. The van der Waals surface area contributed by atoms with E-state index in [4.69, 9.17) is 9.47 Å². The van der Waals surface area contributed by atoms with Crippen LogP contribution < -0.4 is 14.8 Å². The van der Waals surface area contributed by atoms with E-state index < -0.39 is 0 Å². The van der Waals surface area contributed by atoms with Gasteiger partial charge in [-0.1, -0.05) is 39.7 Å². The van der Waals surface area contributed by atoms with Crippen LogP contribution in [0.25, 0.3) is 6.08 Å². The van der Waals surface area contributed by atoms with E-state index >= 15 is 0 Å². The zero-order chi connectivity index (χ0) is 17.8. The molecule has 1 aromatic rings. The van der Waals surface area contributed by atoms with Crippen molar-refractivity contribution >= 4 is 12.0 Å². The Balaban J connectivity index is 2.56. The Morgan fingerprint density at radius 2 is 2.04 bits per heavy atom. The molecule has 0 fully saturated rings. The molecular weight excluding hydrogens is 302 g/mol. The largest absolute Gasteiger partial charge is 0.493 e. The second kappa shape index (κ2) is 11.5. The molecule has 0 radical (unpaired) electrons. The van der Waals surface area contributed by atoms with Crippen LogP contribution in [-0.2, 0) is 4.79 Å². The molecule has 0 spiro atoms. The normalized spacial score (nSPS) is 11.0. The molecule has 1 amide bonds. The lowest BCUT2D eigenvalue weighted by atomic mass is 10.1. The quantitative estimate of drug-likeness (QED) is 0.481. The van der Waals surface area contributed by atoms with Gasteiger partial charge in [-0.2, -0.15) is 0 Å². The predicted octanol–water partition coefficient (Wildman–Crippen LogP) is 4.44. The lowest BCUT2D eigenvalue weighted by Crippen LogP contribution is -2.21. The van der Waals surface area contributed by atoms with Gasteiger partial charge in [-0.05, 0) is 42.5 Å². The van der Waals surface area contributed by atoms with Crippen molar-refractivity contribution in [3.8, 4) is 11.5 Å². The highest BCUT2D eigenvalue weighted by Gasteiger charge is 2.05. The monoisotopic (exact) mass is 333 g/mol. The van der Waals surface area contributed by atoms with Crippen molar-refractivity contribution < 1.29 is 14.3 Å². The van der Waals surface area contributed by atoms with Gasteiger partial charge in [0.2, 0.25) is 5.91 Å². The van der Waals surface area contributed by atoms with Crippen molar-refractivity contribution in [3.05, 3.63) is 29.8 Å². The van der Waals surface area contributed by atoms with Crippen molar-refractivity contribution in [2.75, 3.05) is 20.3 Å². The number of unbranched alkanes of at least 4 members (excludes halogenated alkanes) is 2. The number of methoxy groups -OCH3 is 1. The number of benzene rings is 1. The van der Waals surface area contributed by atoms with E-state index in [1.165, 1.54) is 0 Å². The number of carbonyl (C=O) groups is 1. The minimum absolute atomic E-state index is 0.0673. The molecule has 1 N–H and O–H groups in total. The van der Waals surface area contributed by atoms with Crippen LogP contribution in [0.5, 0.6) is 11.5 Å². The first-order chi connectivity index (χ1) is 11.6. The molecule has 0 saturated heterocycles. The second-order valence-corrected chi connectivity index (χ2v) is 6.27. The molecule has 0 saturated carbocycles. The lowest BCUT2D eigenvalue weighted by molar-refractivity contribution is -0.116. The molecule has 0 aromatic heterocycles. The highest BCUT2D eigenvalue weighted by Crippen LogP contribution is 2.28. The van der Waals surface area contributed by atoms with Crippen LogP contribution in [0.4, 0.5) is 0 Å². The molecule has 0 bridgehead atoms. The molecule has 1 rings (SSSR count). The molecule has 134 valence electrons. The van der Waals surface area contributed by atoms with Gasteiger partial charge in [0.05, 0.1) is 13.7 Å². The number of rotatable bonds is 11. The SMILES string of the molecule is CCCCCNC(=O)/C=C/c1ccc(OCCC(C)C)c(OC)c1. The highest BCUT2D eigenvalue weighted by molar-refractivity contribution is 5.91. The highest BCUT2D eigenvalue weighted by atomic mass is 16.5. The van der Waals surface area contributed by atoms with Gasteiger partial charge in [0.25, 0.3) is 0 Å². The summed E-state index contributed by atoms with van der Waals surface area (Å²) in [6.45, 7) is 7.88. The molecule has 4 nitrogen and oxygen atoms in total. The van der Waals surface area contributed by atoms with Crippen molar-refractivity contribution in [1.29, 1.82) is 0 Å². The van der Waals surface area contributed by atoms with Gasteiger partial charge >= 0.3 is 0 Å². The summed E-state index contributed by atoms with van der Waals surface area (Å²) >= 11 is 0. The van der Waals surface area contributed by atoms with Gasteiger partial charge in [-0.3, -0.25) is 4.79 Å². The number of carbonyl (C=O) groups excluding carboxylic acids is 1. The van der Waals surface area contributed by atoms with E-state index in [1.54, 1.807) is 19.3 Å². The summed E-state index contributed by atoms with van der Waals surface area (Å²) < 4.78 is 11.1. The molecule has 0 aliphatic carbocycles. The molecule has 0 heterocycles. The maximum atomic E-state index is 11.8. The van der Waals surface area contributed by atoms with Crippen LogP contribution in [0.15, 0.2) is 24.3 Å². The maximum absolute atomic E-state index is 11.8. The van der Waals surface area contributed by atoms with E-state index in [9.17, 15) is 4.79 Å². The van der Waals surface area contributed by atoms with Crippen LogP contribution in [0.3, 0.4) is 0 Å². The van der Waals surface area contributed by atoms with E-state index in [2.05, 4.69) is 26.1 Å². The van der Waals surface area contributed by atoms with E-state index in [0.717, 1.165) is 43.5 Å². The number of nitrogens with one attached hydrogen (secondary N) is 1. The summed E-state index contributed by atoms with van der Waals surface area (Å²) in [4.78, 5) is 11.8. The van der Waals surface area contributed by atoms with Crippen LogP contribution in [0.1, 0.15) is 52.0 Å². The summed E-state index contributed by atoms with van der Waals surface area (Å²) in [5.41, 5.74) is 0.909. The molecule has 24 heavy (non-hydrogen) atoms. The zero-order valence-corrected chi connectivity index (χ0v) is 15.4. The van der Waals surface area contributed by atoms with Crippen molar-refractivity contribution in [2.45, 2.75) is 46.5 Å². The first-order valence-corrected chi connectivity index (χ1v) is 8.83. The van der Waals surface area contributed by atoms with E-state index in [-0.39, 0.29) is 5.91 Å². The second-order valence-electron chi connectivity index (χ2n) is 6.27. The van der Waals surface area contributed by atoms with Gasteiger partial charge in [0.1, 0.15) is 0 Å². The van der Waals surface area contributed by atoms with Gasteiger partial charge in [-0.25, -0.2) is 0 Å². The van der Waals surface area contributed by atoms with Crippen molar-refractivity contribution in [3.63, 3.8) is 0 Å². The average Bonchev–Trinajstić information content (AvgIpc) is 2.57. The summed E-state index contributed by atoms with van der Waals surface area (Å²) in [6.07, 6.45) is 7.65. The van der Waals surface area contributed by atoms with Gasteiger partial charge in [0.15, 0.2) is 11.5 Å². The van der Waals surface area contributed by atoms with Crippen LogP contribution in [0.2, 0.25) is 0 Å². The van der Waals surface area contributed by atoms with Crippen molar-refractivity contribution in [1.82, 2.24) is 5.32 Å². The molecule has 0 aliphatic heterocycles. The number of amides is 1. The molecule has 0 atom stereocenters. The smallest absolute Gasteiger partial charge is 0.243 e. The third-order valence-electron chi connectivity index (χ3n) is 3.65. The Morgan fingerprint density at radius 3 is 2.71 bits per heavy atom. The third kappa shape index (κ3) is 8.04. The summed E-state index contributed by atoms with van der Waals surface area (Å²) in [5, 5.41) is 2.88. The van der Waals surface area contributed by atoms with E-state index in [0.29, 0.717) is 18.3 Å². The molecular formula is C20H31NO3. The molecule has 0 unspecified atom stereocenters. The Kier molecular flexibility index (Phi) is 9.66. The minimum Gasteiger partial charge on any atom is -0.493 e. The summed E-state index contributed by atoms with van der Waals surface area (Å²) in [5.74, 6) is 1.96. The number of ether oxygens (including phenoxy) is 2. The van der Waals surface area contributed by atoms with Gasteiger partial charge in [0, 0.05) is 12.6 Å². The average molecular weight is 333 g/mol. The maximum Gasteiger partial charge on any atom is 0.243 e. The van der Waals surface area contributed by atoms with Crippen LogP contribution >= 0.6 is 0 Å². The Morgan fingerprint density at radius 1 is 1.25 bits per heavy atom. The standard InChI is InChI=1S/C20H31NO3/c1-5-6-7-13-21-20(22)11-9-17-8-10-18(19(15-17)23-4)24-14-12-16(2)3/h8-11,15-16H,5-7,12-14H2,1-4H3,(H,21,22)/b11-9+. The number of hydrogen-bond donors (Lipinski definition) is 1. The molecule has 1 aromatic carbocycles. The predicted molar refractivity (Wildman–Crippen MR) is 99.5 cm³/mol. The Labute approximate surface area is 146 Å². The first-order valence-electron chi connectivity index (χ1n) is 8.83. The molecule has 0 aliphatic rings. The van der Waals surface area contributed by atoms with Gasteiger partial charge < -0.3 is 14.8 Å². The lowest BCUT2D eigenvalue weighted by Gasteiger charge is -2.12. The first kappa shape index (κ1) is 20.1. The fraction of sp³-hybridized carbons (Fsp3) is 0.550. The number of hydrogen-bond acceptors (Lipinski definition) is 3. The van der Waals surface area contributed by atoms with Crippen LogP contribution in [0, 0.1) is 5.92 Å². The summed E-state index contributed by atoms with van der Waals surface area (Å²) in [7, 11) is 1.62. The summed E-state index contributed by atoms with van der Waals surface area (Å²) in [6, 6.07) is 5.69. The zero-order valence-electron chi connectivity index (χ0n) is 15.4. The van der Waals surface area contributed by atoms with Crippen molar-refractivity contribution in [2.24, 2.45) is 5.92 Å². The van der Waals surface area contributed by atoms with Gasteiger partial charge in [-0.15, -0.1) is 0 Å². The van der Waals surface area contributed by atoms with Crippen LogP contribution in [-0.4, -0.2) is 26.2 Å². The molecule has 4 heteroatoms. The van der Waals surface area contributed by atoms with E-state index in [1.807, 2.05) is 18.2 Å². The topological polar surface area (TPSA) is 47.6 Å². The Bertz CT molecular complexity index is 524. The fourth-order valence-corrected chi connectivity index (χ4v) is 2.13. The third-order valence-corrected chi connectivity index (χ3v) is 3.65.